The molecule has 2 aliphatic heterocycles. The van der Waals surface area contributed by atoms with E-state index in [0.29, 0.717) is 0 Å². The second-order valence-electron chi connectivity index (χ2n) is 7.40. The molecule has 0 aromatic heterocycles. The second kappa shape index (κ2) is 11.8. The summed E-state index contributed by atoms with van der Waals surface area (Å²) < 4.78 is 8.00. The molecule has 5 N–H and O–H groups in total. The smallest absolute Gasteiger partial charge is 0.407 e. The Bertz CT molecular complexity index is 915. The summed E-state index contributed by atoms with van der Waals surface area (Å²) in [7, 11) is 1.17. The number of β-lactam (4-membered cyclic amide) rings is 1. The van der Waals surface area contributed by atoms with Crippen LogP contribution in [-0.4, -0.2) is 97.4 Å². The number of rotatable bonds is 11. The topological polar surface area (TPSA) is 192 Å². The van der Waals surface area contributed by atoms with Gasteiger partial charge in [0, 0.05) is 13.5 Å². The number of carboxylic acid groups (broad SMARTS) is 2. The molecule has 196 valence electrons. The van der Waals surface area contributed by atoms with Gasteiger partial charge in [0.15, 0.2) is 6.04 Å². The van der Waals surface area contributed by atoms with E-state index in [0.717, 1.165) is 16.7 Å². The number of hydrogen-bond donors (Lipinski definition) is 5. The van der Waals surface area contributed by atoms with Crippen molar-refractivity contribution in [2.75, 3.05) is 20.3 Å². The summed E-state index contributed by atoms with van der Waals surface area (Å²) in [6, 6.07) is -2.81. The lowest BCUT2D eigenvalue weighted by Gasteiger charge is -2.57. The standard InChI is InChI=1S/C18H22Cl3N3O10S/c1-33-18(14(31)24-11(13(29)30)8(5-25)6-35-15(18)24)23-10(26)4-2-3-9(12(27)28)22-16(32)34-7-17(19,20)21/h6,9,11,15,25H,2-5,7H2,1H3,(H,22,32)(H,23,26)(H,27,28)(H,29,30)/t9?,11?,15-,18?/m0/s1. The first-order valence-corrected chi connectivity index (χ1v) is 11.9. The number of nitrogens with zero attached hydrogens (tertiary/aromatic N) is 1. The molecular formula is C18H22Cl3N3O10S. The lowest BCUT2D eigenvalue weighted by Crippen LogP contribution is -2.83. The van der Waals surface area contributed by atoms with Gasteiger partial charge in [0.1, 0.15) is 18.0 Å². The van der Waals surface area contributed by atoms with Gasteiger partial charge < -0.3 is 40.3 Å². The number of alkyl halides is 3. The Kier molecular flexibility index (Phi) is 9.90. The zero-order valence-corrected chi connectivity index (χ0v) is 21.1. The van der Waals surface area contributed by atoms with Crippen molar-refractivity contribution in [2.45, 2.75) is 46.2 Å². The highest BCUT2D eigenvalue weighted by atomic mass is 35.6. The molecule has 0 saturated carbocycles. The molecule has 2 heterocycles. The van der Waals surface area contributed by atoms with Crippen molar-refractivity contribution in [3.8, 4) is 0 Å². The molecule has 1 fully saturated rings. The predicted octanol–water partition coefficient (Wildman–Crippen LogP) is 0.410. The quantitative estimate of drug-likeness (QED) is 0.130. The summed E-state index contributed by atoms with van der Waals surface area (Å²) in [6.07, 6.45) is -1.57. The molecule has 2 aliphatic rings. The average Bonchev–Trinajstić information content (AvgIpc) is 2.78. The molecular weight excluding hydrogens is 557 g/mol. The summed E-state index contributed by atoms with van der Waals surface area (Å²) in [5, 5.41) is 33.1. The highest BCUT2D eigenvalue weighted by Gasteiger charge is 2.67. The van der Waals surface area contributed by atoms with Crippen molar-refractivity contribution in [3.05, 3.63) is 11.0 Å². The maximum absolute atomic E-state index is 12.8. The van der Waals surface area contributed by atoms with Crippen LogP contribution in [0, 0.1) is 0 Å². The Labute approximate surface area is 218 Å². The molecule has 3 amide bonds. The lowest BCUT2D eigenvalue weighted by atomic mass is 9.94. The Morgan fingerprint density at radius 1 is 1.29 bits per heavy atom. The SMILES string of the molecule is COC1(NC(=O)CCCC(NC(=O)OCC(Cl)(Cl)Cl)C(=O)O)C(=O)N2C(C(=O)O)C(CO)=CS[C@H]21. The van der Waals surface area contributed by atoms with Crippen LogP contribution in [-0.2, 0) is 28.7 Å². The molecule has 2 rings (SSSR count). The number of nitrogens with one attached hydrogen (secondary N) is 2. The number of fused-ring (bicyclic) bond motifs is 1. The minimum absolute atomic E-state index is 0.0185. The summed E-state index contributed by atoms with van der Waals surface area (Å²) >= 11 is 17.4. The fourth-order valence-electron chi connectivity index (χ4n) is 3.42. The molecule has 0 radical (unpaired) electrons. The van der Waals surface area contributed by atoms with Crippen LogP contribution in [0.3, 0.4) is 0 Å². The van der Waals surface area contributed by atoms with Gasteiger partial charge in [-0.3, -0.25) is 9.59 Å². The Balaban J connectivity index is 1.94. The fraction of sp³-hybridized carbons (Fsp3) is 0.611. The molecule has 17 heteroatoms. The van der Waals surface area contributed by atoms with Crippen LogP contribution in [0.1, 0.15) is 19.3 Å². The number of carboxylic acids is 2. The zero-order chi connectivity index (χ0) is 26.6. The van der Waals surface area contributed by atoms with Gasteiger partial charge in [-0.1, -0.05) is 34.8 Å². The number of ether oxygens (including phenoxy) is 2. The van der Waals surface area contributed by atoms with Crippen LogP contribution in [0.15, 0.2) is 11.0 Å². The van der Waals surface area contributed by atoms with Gasteiger partial charge in [-0.15, -0.1) is 11.8 Å². The Morgan fingerprint density at radius 2 is 1.94 bits per heavy atom. The molecule has 0 spiro atoms. The number of amides is 3. The summed E-state index contributed by atoms with van der Waals surface area (Å²) in [5.41, 5.74) is -1.72. The minimum atomic E-state index is -1.88. The third-order valence-electron chi connectivity index (χ3n) is 5.05. The number of hydrogen-bond acceptors (Lipinski definition) is 9. The second-order valence-corrected chi connectivity index (χ2v) is 10.9. The summed E-state index contributed by atoms with van der Waals surface area (Å²) in [6.45, 7) is -1.18. The maximum atomic E-state index is 12.8. The van der Waals surface area contributed by atoms with Crippen molar-refractivity contribution >= 4 is 76.4 Å². The highest BCUT2D eigenvalue weighted by Crippen LogP contribution is 2.46. The Hall–Kier alpha value is -1.97. The van der Waals surface area contributed by atoms with Crippen molar-refractivity contribution < 1.29 is 48.8 Å². The van der Waals surface area contributed by atoms with Gasteiger partial charge in [0.25, 0.3) is 11.6 Å². The minimum Gasteiger partial charge on any atom is -0.480 e. The van der Waals surface area contributed by atoms with Gasteiger partial charge in [0.2, 0.25) is 9.70 Å². The lowest BCUT2D eigenvalue weighted by molar-refractivity contribution is -0.201. The van der Waals surface area contributed by atoms with Crippen molar-refractivity contribution in [1.82, 2.24) is 15.5 Å². The van der Waals surface area contributed by atoms with Crippen LogP contribution >= 0.6 is 46.6 Å². The van der Waals surface area contributed by atoms with Crippen LogP contribution in [0.5, 0.6) is 0 Å². The number of carbonyl (C=O) groups excluding carboxylic acids is 3. The fourth-order valence-corrected chi connectivity index (χ4v) is 4.89. The van der Waals surface area contributed by atoms with Gasteiger partial charge in [-0.2, -0.15) is 0 Å². The number of methoxy groups -OCH3 is 1. The van der Waals surface area contributed by atoms with E-state index in [1.54, 1.807) is 0 Å². The maximum Gasteiger partial charge on any atom is 0.407 e. The van der Waals surface area contributed by atoms with Gasteiger partial charge in [-0.05, 0) is 23.8 Å². The van der Waals surface area contributed by atoms with Crippen molar-refractivity contribution in [3.63, 3.8) is 0 Å². The molecule has 35 heavy (non-hydrogen) atoms. The first-order valence-electron chi connectivity index (χ1n) is 9.87. The number of aliphatic hydroxyl groups excluding tert-OH is 1. The molecule has 1 saturated heterocycles. The summed E-state index contributed by atoms with van der Waals surface area (Å²) in [4.78, 5) is 61.0. The molecule has 0 aromatic carbocycles. The van der Waals surface area contributed by atoms with Gasteiger partial charge >= 0.3 is 18.0 Å². The molecule has 0 aliphatic carbocycles. The summed E-state index contributed by atoms with van der Waals surface area (Å²) in [5.74, 6) is -4.22. The van der Waals surface area contributed by atoms with Crippen molar-refractivity contribution in [2.24, 2.45) is 0 Å². The van der Waals surface area contributed by atoms with E-state index in [-0.39, 0.29) is 24.8 Å². The highest BCUT2D eigenvalue weighted by molar-refractivity contribution is 8.03. The van der Waals surface area contributed by atoms with E-state index in [4.69, 9.17) is 39.5 Å². The van der Waals surface area contributed by atoms with Crippen LogP contribution in [0.4, 0.5) is 4.79 Å². The largest absolute Gasteiger partial charge is 0.480 e. The van der Waals surface area contributed by atoms with Gasteiger partial charge in [-0.25, -0.2) is 14.4 Å². The zero-order valence-electron chi connectivity index (χ0n) is 18.0. The average molecular weight is 579 g/mol. The predicted molar refractivity (Wildman–Crippen MR) is 123 cm³/mol. The molecule has 4 atom stereocenters. The molecule has 13 nitrogen and oxygen atoms in total. The first kappa shape index (κ1) is 29.3. The molecule has 3 unspecified atom stereocenters. The monoisotopic (exact) mass is 577 g/mol. The third kappa shape index (κ3) is 6.83. The number of halogens is 3. The first-order chi connectivity index (χ1) is 16.3. The van der Waals surface area contributed by atoms with Crippen molar-refractivity contribution in [1.29, 1.82) is 0 Å². The van der Waals surface area contributed by atoms with E-state index < -0.39 is 70.0 Å². The van der Waals surface area contributed by atoms with E-state index in [1.165, 1.54) is 12.5 Å². The van der Waals surface area contributed by atoms with E-state index in [2.05, 4.69) is 15.4 Å². The van der Waals surface area contributed by atoms with Crippen LogP contribution < -0.4 is 10.6 Å². The van der Waals surface area contributed by atoms with Crippen LogP contribution in [0.25, 0.3) is 0 Å². The van der Waals surface area contributed by atoms with Crippen LogP contribution in [0.2, 0.25) is 0 Å². The number of thioether (sulfide) groups is 1. The number of alkyl carbamates (subject to hydrolysis) is 1. The molecule has 0 aromatic rings. The Morgan fingerprint density at radius 3 is 2.46 bits per heavy atom. The van der Waals surface area contributed by atoms with Gasteiger partial charge in [0.05, 0.1) is 6.61 Å². The third-order valence-corrected chi connectivity index (χ3v) is 6.63. The van der Waals surface area contributed by atoms with E-state index >= 15 is 0 Å². The van der Waals surface area contributed by atoms with E-state index in [1.807, 2.05) is 0 Å². The number of aliphatic carboxylic acids is 2. The number of carbonyl (C=O) groups is 5. The number of aliphatic hydroxyl groups is 1. The molecule has 0 bridgehead atoms. The normalized spacial score (nSPS) is 24.4. The van der Waals surface area contributed by atoms with E-state index in [9.17, 15) is 39.3 Å².